The van der Waals surface area contributed by atoms with E-state index in [0.717, 1.165) is 69.6 Å². The molecule has 0 aromatic rings. The van der Waals surface area contributed by atoms with Gasteiger partial charge < -0.3 is 14.2 Å². The molecular formula is C48H92O6. The van der Waals surface area contributed by atoms with E-state index in [1.807, 2.05) is 0 Å². The highest BCUT2D eigenvalue weighted by Crippen LogP contribution is 2.17. The molecule has 0 aromatic heterocycles. The van der Waals surface area contributed by atoms with E-state index < -0.39 is 6.10 Å². The zero-order valence-electron chi connectivity index (χ0n) is 36.8. The molecule has 0 spiro atoms. The zero-order chi connectivity index (χ0) is 39.7. The summed E-state index contributed by atoms with van der Waals surface area (Å²) >= 11 is 0. The molecule has 0 aliphatic heterocycles. The maximum Gasteiger partial charge on any atom is 0.306 e. The van der Waals surface area contributed by atoms with Crippen molar-refractivity contribution < 1.29 is 28.6 Å². The van der Waals surface area contributed by atoms with Crippen molar-refractivity contribution in [2.24, 2.45) is 11.8 Å². The Morgan fingerprint density at radius 1 is 0.352 bits per heavy atom. The normalized spacial score (nSPS) is 12.1. The number of rotatable bonds is 42. The molecule has 0 radical (unpaired) electrons. The summed E-state index contributed by atoms with van der Waals surface area (Å²) in [4.78, 5) is 37.7. The molecule has 6 nitrogen and oxygen atoms in total. The molecule has 0 amide bonds. The van der Waals surface area contributed by atoms with Gasteiger partial charge in [-0.2, -0.15) is 0 Å². The second-order valence-corrected chi connectivity index (χ2v) is 17.3. The van der Waals surface area contributed by atoms with Gasteiger partial charge in [-0.05, 0) is 31.1 Å². The van der Waals surface area contributed by atoms with Crippen LogP contribution in [0.15, 0.2) is 0 Å². The van der Waals surface area contributed by atoms with Crippen LogP contribution in [0.3, 0.4) is 0 Å². The third-order valence-corrected chi connectivity index (χ3v) is 10.7. The fourth-order valence-corrected chi connectivity index (χ4v) is 7.11. The molecular weight excluding hydrogens is 673 g/mol. The van der Waals surface area contributed by atoms with Gasteiger partial charge in [0, 0.05) is 19.3 Å². The molecule has 0 unspecified atom stereocenters. The van der Waals surface area contributed by atoms with Crippen LogP contribution in [0.4, 0.5) is 0 Å². The molecule has 0 saturated carbocycles. The second-order valence-electron chi connectivity index (χ2n) is 17.3. The van der Waals surface area contributed by atoms with E-state index in [1.165, 1.54) is 148 Å². The fourth-order valence-electron chi connectivity index (χ4n) is 7.11. The van der Waals surface area contributed by atoms with Gasteiger partial charge in [-0.1, -0.05) is 221 Å². The molecule has 1 atom stereocenters. The number of ether oxygens (including phenoxy) is 3. The number of unbranched alkanes of at least 4 members (excludes halogenated alkanes) is 27. The highest BCUT2D eigenvalue weighted by atomic mass is 16.6. The molecule has 0 heterocycles. The van der Waals surface area contributed by atoms with Crippen LogP contribution in [-0.2, 0) is 28.6 Å². The average Bonchev–Trinajstić information content (AvgIpc) is 3.14. The number of carbonyl (C=O) groups excluding carboxylic acids is 3. The summed E-state index contributed by atoms with van der Waals surface area (Å²) < 4.78 is 16.7. The van der Waals surface area contributed by atoms with Gasteiger partial charge in [0.25, 0.3) is 0 Å². The molecule has 0 rings (SSSR count). The lowest BCUT2D eigenvalue weighted by molar-refractivity contribution is -0.167. The van der Waals surface area contributed by atoms with Crippen LogP contribution in [0, 0.1) is 11.8 Å². The standard InChI is InChI=1S/C48H92O6/c1-6-7-8-9-10-11-12-13-16-19-22-28-33-38-46(49)52-41-45(42-53-47(50)39-34-29-25-24-27-32-37-44(4)5)54-48(51)40-35-30-23-20-17-14-15-18-21-26-31-36-43(2)3/h43-45H,6-42H2,1-5H3/t45-/m1/s1. The lowest BCUT2D eigenvalue weighted by Crippen LogP contribution is -2.30. The monoisotopic (exact) mass is 765 g/mol. The van der Waals surface area contributed by atoms with Gasteiger partial charge in [0.05, 0.1) is 0 Å². The molecule has 0 bridgehead atoms. The number of hydrogen-bond donors (Lipinski definition) is 0. The first-order chi connectivity index (χ1) is 26.2. The topological polar surface area (TPSA) is 78.9 Å². The fraction of sp³-hybridized carbons (Fsp3) is 0.938. The summed E-state index contributed by atoms with van der Waals surface area (Å²) in [5.74, 6) is 0.729. The van der Waals surface area contributed by atoms with E-state index in [0.29, 0.717) is 19.3 Å². The first-order valence-corrected chi connectivity index (χ1v) is 23.7. The van der Waals surface area contributed by atoms with Gasteiger partial charge in [-0.25, -0.2) is 0 Å². The van der Waals surface area contributed by atoms with Crippen molar-refractivity contribution in [3.8, 4) is 0 Å². The van der Waals surface area contributed by atoms with Crippen molar-refractivity contribution in [1.29, 1.82) is 0 Å². The number of hydrogen-bond acceptors (Lipinski definition) is 6. The molecule has 54 heavy (non-hydrogen) atoms. The zero-order valence-corrected chi connectivity index (χ0v) is 36.8. The van der Waals surface area contributed by atoms with Gasteiger partial charge in [0.15, 0.2) is 6.10 Å². The Kier molecular flexibility index (Phi) is 39.8. The molecule has 0 aromatic carbocycles. The molecule has 0 N–H and O–H groups in total. The lowest BCUT2D eigenvalue weighted by atomic mass is 10.0. The van der Waals surface area contributed by atoms with Gasteiger partial charge in [0.2, 0.25) is 0 Å². The van der Waals surface area contributed by atoms with E-state index in [4.69, 9.17) is 14.2 Å². The summed E-state index contributed by atoms with van der Waals surface area (Å²) in [6.45, 7) is 11.3. The van der Waals surface area contributed by atoms with E-state index in [9.17, 15) is 14.4 Å². The first-order valence-electron chi connectivity index (χ1n) is 23.7. The van der Waals surface area contributed by atoms with Gasteiger partial charge in [0.1, 0.15) is 13.2 Å². The minimum Gasteiger partial charge on any atom is -0.462 e. The summed E-state index contributed by atoms with van der Waals surface area (Å²) in [5.41, 5.74) is 0. The van der Waals surface area contributed by atoms with E-state index in [2.05, 4.69) is 34.6 Å². The Labute approximate surface area is 336 Å². The summed E-state index contributed by atoms with van der Waals surface area (Å²) in [5, 5.41) is 0. The summed E-state index contributed by atoms with van der Waals surface area (Å²) in [6.07, 6.45) is 39.5. The highest BCUT2D eigenvalue weighted by molar-refractivity contribution is 5.71. The second kappa shape index (κ2) is 41.1. The van der Waals surface area contributed by atoms with E-state index >= 15 is 0 Å². The van der Waals surface area contributed by atoms with Crippen LogP contribution >= 0.6 is 0 Å². The van der Waals surface area contributed by atoms with Crippen LogP contribution in [0.25, 0.3) is 0 Å². The molecule has 0 aliphatic carbocycles. The van der Waals surface area contributed by atoms with Crippen LogP contribution in [0.1, 0.15) is 259 Å². The van der Waals surface area contributed by atoms with Gasteiger partial charge >= 0.3 is 17.9 Å². The Morgan fingerprint density at radius 2 is 0.611 bits per heavy atom. The predicted molar refractivity (Wildman–Crippen MR) is 229 cm³/mol. The SMILES string of the molecule is CCCCCCCCCCCCCCCC(=O)OC[C@H](COC(=O)CCCCCCCCC(C)C)OC(=O)CCCCCCCCCCCCCC(C)C. The molecule has 0 aliphatic rings. The van der Waals surface area contributed by atoms with Crippen molar-refractivity contribution in [2.45, 2.75) is 265 Å². The Bertz CT molecular complexity index is 824. The minimum atomic E-state index is -0.761. The smallest absolute Gasteiger partial charge is 0.306 e. The minimum absolute atomic E-state index is 0.0651. The molecule has 320 valence electrons. The largest absolute Gasteiger partial charge is 0.462 e. The molecule has 6 heteroatoms. The van der Waals surface area contributed by atoms with Gasteiger partial charge in [-0.15, -0.1) is 0 Å². The third-order valence-electron chi connectivity index (χ3n) is 10.7. The van der Waals surface area contributed by atoms with Crippen LogP contribution < -0.4 is 0 Å². The van der Waals surface area contributed by atoms with Crippen LogP contribution in [-0.4, -0.2) is 37.2 Å². The Hall–Kier alpha value is -1.59. The lowest BCUT2D eigenvalue weighted by Gasteiger charge is -2.18. The maximum absolute atomic E-state index is 12.7. The van der Waals surface area contributed by atoms with Crippen LogP contribution in [0.2, 0.25) is 0 Å². The maximum atomic E-state index is 12.7. The van der Waals surface area contributed by atoms with Gasteiger partial charge in [-0.3, -0.25) is 14.4 Å². The molecule has 0 saturated heterocycles. The average molecular weight is 765 g/mol. The summed E-state index contributed by atoms with van der Waals surface area (Å²) in [7, 11) is 0. The first kappa shape index (κ1) is 52.4. The quantitative estimate of drug-likeness (QED) is 0.0350. The third kappa shape index (κ3) is 41.6. The van der Waals surface area contributed by atoms with Crippen molar-refractivity contribution in [2.75, 3.05) is 13.2 Å². The van der Waals surface area contributed by atoms with Crippen molar-refractivity contribution in [3.63, 3.8) is 0 Å². The Morgan fingerprint density at radius 3 is 0.907 bits per heavy atom. The van der Waals surface area contributed by atoms with E-state index in [1.54, 1.807) is 0 Å². The molecule has 0 fully saturated rings. The number of esters is 3. The Balaban J connectivity index is 4.31. The number of carbonyl (C=O) groups is 3. The van der Waals surface area contributed by atoms with E-state index in [-0.39, 0.29) is 31.1 Å². The predicted octanol–water partition coefficient (Wildman–Crippen LogP) is 15.0. The van der Waals surface area contributed by atoms with Crippen molar-refractivity contribution in [3.05, 3.63) is 0 Å². The summed E-state index contributed by atoms with van der Waals surface area (Å²) in [6, 6.07) is 0. The van der Waals surface area contributed by atoms with Crippen molar-refractivity contribution in [1.82, 2.24) is 0 Å². The van der Waals surface area contributed by atoms with Crippen molar-refractivity contribution >= 4 is 17.9 Å². The van der Waals surface area contributed by atoms with Crippen LogP contribution in [0.5, 0.6) is 0 Å². The highest BCUT2D eigenvalue weighted by Gasteiger charge is 2.19.